The van der Waals surface area contributed by atoms with Gasteiger partial charge in [-0.05, 0) is 60.1 Å². The van der Waals surface area contributed by atoms with Gasteiger partial charge in [-0.15, -0.1) is 0 Å². The maximum absolute atomic E-state index is 14.7. The zero-order valence-corrected chi connectivity index (χ0v) is 12.2. The van der Waals surface area contributed by atoms with Gasteiger partial charge in [0.25, 0.3) is 0 Å². The Morgan fingerprint density at radius 3 is 2.45 bits per heavy atom. The maximum Gasteiger partial charge on any atom is 0.159 e. The van der Waals surface area contributed by atoms with Gasteiger partial charge in [0.05, 0.1) is 5.56 Å². The first-order valence-electron chi connectivity index (χ1n) is 7.46. The molecular formula is C18H16F4. The number of benzene rings is 2. The second kappa shape index (κ2) is 5.75. The topological polar surface area (TPSA) is 0 Å². The van der Waals surface area contributed by atoms with E-state index in [9.17, 15) is 17.6 Å². The molecule has 4 heteroatoms. The number of halogens is 4. The Kier molecular flexibility index (Phi) is 3.94. The van der Waals surface area contributed by atoms with Crippen LogP contribution in [0.5, 0.6) is 0 Å². The Hall–Kier alpha value is -1.84. The van der Waals surface area contributed by atoms with Crippen molar-refractivity contribution < 1.29 is 17.6 Å². The summed E-state index contributed by atoms with van der Waals surface area (Å²) >= 11 is 0. The summed E-state index contributed by atoms with van der Waals surface area (Å²) in [4.78, 5) is 0. The monoisotopic (exact) mass is 308 g/mol. The third-order valence-electron chi connectivity index (χ3n) is 4.51. The Labute approximate surface area is 126 Å². The fourth-order valence-electron chi connectivity index (χ4n) is 3.19. The van der Waals surface area contributed by atoms with E-state index in [1.54, 1.807) is 0 Å². The molecule has 0 heterocycles. The maximum atomic E-state index is 14.7. The van der Waals surface area contributed by atoms with Crippen molar-refractivity contribution in [3.05, 3.63) is 58.7 Å². The number of fused-ring (bicyclic) bond motifs is 1. The standard InChI is InChI=1S/C18H16F4/c1-2-10-3-5-13-12(7-10)9-16(21)17(18(13)22)11-4-6-14(19)15(20)8-11/h4,6,8-10H,2-3,5,7H2,1H3. The van der Waals surface area contributed by atoms with Gasteiger partial charge in [0, 0.05) is 0 Å². The van der Waals surface area contributed by atoms with Crippen LogP contribution in [0, 0.1) is 29.2 Å². The lowest BCUT2D eigenvalue weighted by Gasteiger charge is -2.25. The molecule has 0 N–H and O–H groups in total. The molecule has 0 saturated heterocycles. The van der Waals surface area contributed by atoms with Crippen LogP contribution >= 0.6 is 0 Å². The molecule has 0 aromatic heterocycles. The SMILES string of the molecule is CCC1CCc2c(cc(F)c(-c3ccc(F)c(F)c3)c2F)C1. The first-order valence-corrected chi connectivity index (χ1v) is 7.46. The number of hydrogen-bond donors (Lipinski definition) is 0. The molecule has 2 aromatic carbocycles. The third kappa shape index (κ3) is 2.51. The minimum atomic E-state index is -1.11. The van der Waals surface area contributed by atoms with Crippen molar-refractivity contribution >= 4 is 0 Å². The van der Waals surface area contributed by atoms with Crippen LogP contribution in [0.1, 0.15) is 30.9 Å². The van der Waals surface area contributed by atoms with E-state index in [0.29, 0.717) is 29.9 Å². The summed E-state index contributed by atoms with van der Waals surface area (Å²) in [6.45, 7) is 2.07. The van der Waals surface area contributed by atoms with Crippen LogP contribution in [0.3, 0.4) is 0 Å². The average Bonchev–Trinajstić information content (AvgIpc) is 2.50. The summed E-state index contributed by atoms with van der Waals surface area (Å²) < 4.78 is 55.4. The van der Waals surface area contributed by atoms with Gasteiger partial charge in [-0.25, -0.2) is 17.6 Å². The van der Waals surface area contributed by atoms with Crippen molar-refractivity contribution in [2.24, 2.45) is 5.92 Å². The Morgan fingerprint density at radius 1 is 1.00 bits per heavy atom. The van der Waals surface area contributed by atoms with E-state index in [1.165, 1.54) is 12.1 Å². The second-order valence-electron chi connectivity index (χ2n) is 5.83. The molecule has 1 atom stereocenters. The van der Waals surface area contributed by atoms with E-state index >= 15 is 0 Å². The van der Waals surface area contributed by atoms with Gasteiger partial charge in [0.15, 0.2) is 11.6 Å². The van der Waals surface area contributed by atoms with Crippen molar-refractivity contribution in [2.45, 2.75) is 32.6 Å². The zero-order valence-electron chi connectivity index (χ0n) is 12.2. The number of hydrogen-bond acceptors (Lipinski definition) is 0. The fraction of sp³-hybridized carbons (Fsp3) is 0.333. The van der Waals surface area contributed by atoms with Gasteiger partial charge in [0.1, 0.15) is 11.6 Å². The average molecular weight is 308 g/mol. The van der Waals surface area contributed by atoms with Gasteiger partial charge >= 0.3 is 0 Å². The fourth-order valence-corrected chi connectivity index (χ4v) is 3.19. The van der Waals surface area contributed by atoms with Crippen molar-refractivity contribution in [1.82, 2.24) is 0 Å². The highest BCUT2D eigenvalue weighted by Gasteiger charge is 2.25. The van der Waals surface area contributed by atoms with Crippen molar-refractivity contribution in [1.29, 1.82) is 0 Å². The Balaban J connectivity index is 2.12. The first kappa shape index (κ1) is 15.1. The summed E-state index contributed by atoms with van der Waals surface area (Å²) in [6.07, 6.45) is 3.06. The van der Waals surface area contributed by atoms with Crippen LogP contribution < -0.4 is 0 Å². The van der Waals surface area contributed by atoms with Crippen molar-refractivity contribution in [3.8, 4) is 11.1 Å². The summed E-state index contributed by atoms with van der Waals surface area (Å²) in [5, 5.41) is 0. The summed E-state index contributed by atoms with van der Waals surface area (Å²) in [7, 11) is 0. The molecule has 0 radical (unpaired) electrons. The van der Waals surface area contributed by atoms with Crippen LogP contribution in [0.4, 0.5) is 17.6 Å². The number of rotatable bonds is 2. The molecule has 1 unspecified atom stereocenters. The zero-order chi connectivity index (χ0) is 15.9. The molecule has 1 aliphatic carbocycles. The molecule has 0 fully saturated rings. The normalized spacial score (nSPS) is 17.4. The third-order valence-corrected chi connectivity index (χ3v) is 4.51. The molecule has 116 valence electrons. The molecule has 3 rings (SSSR count). The summed E-state index contributed by atoms with van der Waals surface area (Å²) in [6, 6.07) is 4.26. The highest BCUT2D eigenvalue weighted by atomic mass is 19.2. The molecule has 2 aromatic rings. The summed E-state index contributed by atoms with van der Waals surface area (Å²) in [5.41, 5.74) is 0.951. The quantitative estimate of drug-likeness (QED) is 0.649. The van der Waals surface area contributed by atoms with Crippen LogP contribution in [0.2, 0.25) is 0 Å². The van der Waals surface area contributed by atoms with Crippen LogP contribution in [-0.4, -0.2) is 0 Å². The van der Waals surface area contributed by atoms with Gasteiger partial charge in [0.2, 0.25) is 0 Å². The van der Waals surface area contributed by atoms with Crippen LogP contribution in [-0.2, 0) is 12.8 Å². The van der Waals surface area contributed by atoms with E-state index in [0.717, 1.165) is 25.0 Å². The minimum absolute atomic E-state index is 0.0225. The molecule has 0 nitrogen and oxygen atoms in total. The first-order chi connectivity index (χ1) is 10.5. The van der Waals surface area contributed by atoms with E-state index in [1.807, 2.05) is 0 Å². The highest BCUT2D eigenvalue weighted by Crippen LogP contribution is 2.36. The Bertz CT molecular complexity index is 722. The van der Waals surface area contributed by atoms with Gasteiger partial charge < -0.3 is 0 Å². The van der Waals surface area contributed by atoms with E-state index in [2.05, 4.69) is 6.92 Å². The second-order valence-corrected chi connectivity index (χ2v) is 5.83. The molecule has 1 aliphatic rings. The largest absolute Gasteiger partial charge is 0.206 e. The lowest BCUT2D eigenvalue weighted by Crippen LogP contribution is -2.16. The molecule has 0 amide bonds. The smallest absolute Gasteiger partial charge is 0.159 e. The van der Waals surface area contributed by atoms with Crippen LogP contribution in [0.25, 0.3) is 11.1 Å². The summed E-state index contributed by atoms with van der Waals surface area (Å²) in [5.74, 6) is -3.07. The molecule has 0 spiro atoms. The van der Waals surface area contributed by atoms with Gasteiger partial charge in [-0.2, -0.15) is 0 Å². The molecule has 22 heavy (non-hydrogen) atoms. The van der Waals surface area contributed by atoms with Crippen LogP contribution in [0.15, 0.2) is 24.3 Å². The molecule has 0 saturated carbocycles. The van der Waals surface area contributed by atoms with E-state index in [-0.39, 0.29) is 11.1 Å². The van der Waals surface area contributed by atoms with Gasteiger partial charge in [-0.1, -0.05) is 19.4 Å². The lowest BCUT2D eigenvalue weighted by molar-refractivity contribution is 0.431. The molecule has 0 bridgehead atoms. The van der Waals surface area contributed by atoms with E-state index in [4.69, 9.17) is 0 Å². The van der Waals surface area contributed by atoms with Gasteiger partial charge in [-0.3, -0.25) is 0 Å². The minimum Gasteiger partial charge on any atom is -0.206 e. The lowest BCUT2D eigenvalue weighted by atomic mass is 9.81. The van der Waals surface area contributed by atoms with Crippen molar-refractivity contribution in [3.63, 3.8) is 0 Å². The van der Waals surface area contributed by atoms with E-state index < -0.39 is 23.3 Å². The molecule has 0 aliphatic heterocycles. The predicted octanol–water partition coefficient (Wildman–Crippen LogP) is 5.42. The Morgan fingerprint density at radius 2 is 1.77 bits per heavy atom. The highest BCUT2D eigenvalue weighted by molar-refractivity contribution is 5.67. The van der Waals surface area contributed by atoms with Crippen molar-refractivity contribution in [2.75, 3.05) is 0 Å². The predicted molar refractivity (Wildman–Crippen MR) is 77.5 cm³/mol. The molecular weight excluding hydrogens is 292 g/mol.